The molecule has 0 radical (unpaired) electrons. The number of methoxy groups -OCH3 is 2. The zero-order valence-electron chi connectivity index (χ0n) is 13.0. The monoisotopic (exact) mass is 318 g/mol. The minimum Gasteiger partial charge on any atom is -0.496 e. The number of esters is 1. The van der Waals surface area contributed by atoms with E-state index in [-0.39, 0.29) is 12.8 Å². The second kappa shape index (κ2) is 5.38. The first kappa shape index (κ1) is 15.6. The van der Waals surface area contributed by atoms with Crippen molar-refractivity contribution in [1.29, 1.82) is 0 Å². The van der Waals surface area contributed by atoms with E-state index < -0.39 is 17.5 Å². The van der Waals surface area contributed by atoms with E-state index in [1.54, 1.807) is 6.07 Å². The first-order valence-electron chi connectivity index (χ1n) is 7.36. The number of allylic oxidation sites excluding steroid dienone is 1. The molecule has 0 aliphatic heterocycles. The van der Waals surface area contributed by atoms with Crippen LogP contribution in [0.5, 0.6) is 5.75 Å². The van der Waals surface area contributed by atoms with Crippen LogP contribution in [0.4, 0.5) is 0 Å². The highest BCUT2D eigenvalue weighted by molar-refractivity contribution is 5.98. The predicted octanol–water partition coefficient (Wildman–Crippen LogP) is 1.79. The van der Waals surface area contributed by atoms with E-state index in [1.807, 2.05) is 6.07 Å². The summed E-state index contributed by atoms with van der Waals surface area (Å²) in [5.41, 5.74) is 2.26. The van der Waals surface area contributed by atoms with Crippen LogP contribution < -0.4 is 4.74 Å². The Kier molecular flexibility index (Phi) is 3.64. The maximum Gasteiger partial charge on any atom is 0.341 e. The lowest BCUT2D eigenvalue weighted by atomic mass is 9.80. The summed E-state index contributed by atoms with van der Waals surface area (Å²) < 4.78 is 10.1. The van der Waals surface area contributed by atoms with Gasteiger partial charge in [0.15, 0.2) is 5.60 Å². The molecule has 6 heteroatoms. The molecule has 0 fully saturated rings. The Morgan fingerprint density at radius 3 is 2.61 bits per heavy atom. The van der Waals surface area contributed by atoms with Crippen molar-refractivity contribution in [3.05, 3.63) is 34.4 Å². The van der Waals surface area contributed by atoms with E-state index in [2.05, 4.69) is 0 Å². The van der Waals surface area contributed by atoms with Crippen LogP contribution in [0.25, 0.3) is 5.57 Å². The number of aliphatic hydroxyl groups is 1. The molecule has 0 spiro atoms. The smallest absolute Gasteiger partial charge is 0.341 e. The highest BCUT2D eigenvalue weighted by Gasteiger charge is 2.43. The Balaban J connectivity index is 2.05. The third-order valence-corrected chi connectivity index (χ3v) is 4.72. The lowest BCUT2D eigenvalue weighted by molar-refractivity contribution is -0.159. The molecule has 1 unspecified atom stereocenters. The standard InChI is InChI=1S/C17H18O6/c1-22-13-4-3-11-10-5-6-17(21,16(19)20)8-9(10)7-12(11)14(13)15(18)23-2/h3-4,21H,5-8H2,1-2H3,(H,19,20). The number of fused-ring (bicyclic) bond motifs is 2. The van der Waals surface area contributed by atoms with Crippen LogP contribution in [0.1, 0.15) is 40.7 Å². The molecular formula is C17H18O6. The van der Waals surface area contributed by atoms with E-state index in [0.717, 1.165) is 22.3 Å². The van der Waals surface area contributed by atoms with Crippen molar-refractivity contribution in [2.24, 2.45) is 0 Å². The lowest BCUT2D eigenvalue weighted by Gasteiger charge is -2.29. The summed E-state index contributed by atoms with van der Waals surface area (Å²) in [5.74, 6) is -1.25. The van der Waals surface area contributed by atoms with Gasteiger partial charge in [-0.3, -0.25) is 0 Å². The SMILES string of the molecule is COC(=O)c1c(OC)ccc2c1CC1=C2CCC(O)(C(=O)O)C1. The number of benzene rings is 1. The molecule has 2 aliphatic rings. The van der Waals surface area contributed by atoms with Crippen molar-refractivity contribution in [3.8, 4) is 5.75 Å². The van der Waals surface area contributed by atoms with Crippen molar-refractivity contribution < 1.29 is 29.3 Å². The van der Waals surface area contributed by atoms with Crippen LogP contribution in [0.2, 0.25) is 0 Å². The second-order valence-electron chi connectivity index (χ2n) is 5.93. The van der Waals surface area contributed by atoms with Gasteiger partial charge in [-0.1, -0.05) is 11.6 Å². The third-order valence-electron chi connectivity index (χ3n) is 4.72. The molecular weight excluding hydrogens is 300 g/mol. The Morgan fingerprint density at radius 2 is 2.00 bits per heavy atom. The molecule has 0 aromatic heterocycles. The predicted molar refractivity (Wildman–Crippen MR) is 81.4 cm³/mol. The van der Waals surface area contributed by atoms with Gasteiger partial charge < -0.3 is 19.7 Å². The van der Waals surface area contributed by atoms with Crippen LogP contribution in [0.3, 0.4) is 0 Å². The number of aliphatic carboxylic acids is 1. The summed E-state index contributed by atoms with van der Waals surface area (Å²) in [5, 5.41) is 19.5. The number of rotatable bonds is 3. The van der Waals surface area contributed by atoms with Crippen LogP contribution >= 0.6 is 0 Å². The second-order valence-corrected chi connectivity index (χ2v) is 5.93. The highest BCUT2D eigenvalue weighted by atomic mass is 16.5. The summed E-state index contributed by atoms with van der Waals surface area (Å²) in [7, 11) is 2.80. The third kappa shape index (κ3) is 2.30. The number of hydrogen-bond acceptors (Lipinski definition) is 5. The fraction of sp³-hybridized carbons (Fsp3) is 0.412. The van der Waals surface area contributed by atoms with Gasteiger partial charge in [-0.05, 0) is 42.0 Å². The molecule has 0 bridgehead atoms. The molecule has 0 amide bonds. The zero-order valence-corrected chi connectivity index (χ0v) is 13.0. The summed E-state index contributed by atoms with van der Waals surface area (Å²) in [6, 6.07) is 3.60. The average Bonchev–Trinajstić information content (AvgIpc) is 2.89. The molecule has 1 aromatic rings. The molecule has 122 valence electrons. The molecule has 1 atom stereocenters. The Labute approximate surface area is 133 Å². The summed E-state index contributed by atoms with van der Waals surface area (Å²) in [6.45, 7) is 0. The van der Waals surface area contributed by atoms with Gasteiger partial charge in [0, 0.05) is 6.42 Å². The van der Waals surface area contributed by atoms with Gasteiger partial charge in [0.2, 0.25) is 0 Å². The van der Waals surface area contributed by atoms with E-state index >= 15 is 0 Å². The molecule has 23 heavy (non-hydrogen) atoms. The number of hydrogen-bond donors (Lipinski definition) is 2. The molecule has 3 rings (SSSR count). The Bertz CT molecular complexity index is 733. The number of carbonyl (C=O) groups is 2. The molecule has 2 aliphatic carbocycles. The fourth-order valence-corrected chi connectivity index (χ4v) is 3.54. The highest BCUT2D eigenvalue weighted by Crippen LogP contribution is 2.47. The zero-order chi connectivity index (χ0) is 16.8. The average molecular weight is 318 g/mol. The summed E-state index contributed by atoms with van der Waals surface area (Å²) in [6.07, 6.45) is 1.15. The van der Waals surface area contributed by atoms with Crippen molar-refractivity contribution in [2.75, 3.05) is 14.2 Å². The van der Waals surface area contributed by atoms with Gasteiger partial charge in [-0.25, -0.2) is 9.59 Å². The van der Waals surface area contributed by atoms with Gasteiger partial charge in [-0.15, -0.1) is 0 Å². The number of carbonyl (C=O) groups excluding carboxylic acids is 1. The quantitative estimate of drug-likeness (QED) is 0.825. The number of carboxylic acid groups (broad SMARTS) is 1. The Hall–Kier alpha value is -2.34. The van der Waals surface area contributed by atoms with Crippen LogP contribution in [0, 0.1) is 0 Å². The molecule has 6 nitrogen and oxygen atoms in total. The molecule has 0 saturated carbocycles. The minimum atomic E-state index is -1.73. The Morgan fingerprint density at radius 1 is 1.26 bits per heavy atom. The molecule has 2 N–H and O–H groups in total. The molecule has 0 heterocycles. The van der Waals surface area contributed by atoms with Crippen molar-refractivity contribution in [1.82, 2.24) is 0 Å². The van der Waals surface area contributed by atoms with Gasteiger partial charge in [0.05, 0.1) is 14.2 Å². The van der Waals surface area contributed by atoms with E-state index in [4.69, 9.17) is 9.47 Å². The van der Waals surface area contributed by atoms with Gasteiger partial charge in [0.1, 0.15) is 11.3 Å². The summed E-state index contributed by atoms with van der Waals surface area (Å²) in [4.78, 5) is 23.4. The van der Waals surface area contributed by atoms with Crippen molar-refractivity contribution in [3.63, 3.8) is 0 Å². The first-order valence-corrected chi connectivity index (χ1v) is 7.36. The van der Waals surface area contributed by atoms with Crippen molar-refractivity contribution >= 4 is 17.5 Å². The lowest BCUT2D eigenvalue weighted by Crippen LogP contribution is -2.40. The summed E-state index contributed by atoms with van der Waals surface area (Å²) >= 11 is 0. The number of ether oxygens (including phenoxy) is 2. The van der Waals surface area contributed by atoms with Crippen LogP contribution in [-0.2, 0) is 16.0 Å². The van der Waals surface area contributed by atoms with E-state index in [0.29, 0.717) is 24.2 Å². The molecule has 0 saturated heterocycles. The minimum absolute atomic E-state index is 0.0786. The normalized spacial score (nSPS) is 22.4. The van der Waals surface area contributed by atoms with Crippen molar-refractivity contribution in [2.45, 2.75) is 31.3 Å². The maximum atomic E-state index is 12.1. The first-order chi connectivity index (χ1) is 10.9. The van der Waals surface area contributed by atoms with Gasteiger partial charge in [-0.2, -0.15) is 0 Å². The number of carboxylic acids is 1. The topological polar surface area (TPSA) is 93.1 Å². The maximum absolute atomic E-state index is 12.1. The van der Waals surface area contributed by atoms with Crippen LogP contribution in [0.15, 0.2) is 17.7 Å². The fourth-order valence-electron chi connectivity index (χ4n) is 3.54. The van der Waals surface area contributed by atoms with Gasteiger partial charge in [0.25, 0.3) is 0 Å². The van der Waals surface area contributed by atoms with Gasteiger partial charge >= 0.3 is 11.9 Å². The van der Waals surface area contributed by atoms with E-state index in [1.165, 1.54) is 14.2 Å². The largest absolute Gasteiger partial charge is 0.496 e. The molecule has 1 aromatic carbocycles. The van der Waals surface area contributed by atoms with E-state index in [9.17, 15) is 19.8 Å². The van der Waals surface area contributed by atoms with Crippen LogP contribution in [-0.4, -0.2) is 42.0 Å².